The maximum Gasteiger partial charge on any atom is 0.410 e. The number of amidine groups is 1. The van der Waals surface area contributed by atoms with Crippen LogP contribution in [0.15, 0.2) is 47.3 Å². The van der Waals surface area contributed by atoms with Crippen LogP contribution in [0, 0.1) is 0 Å². The van der Waals surface area contributed by atoms with Crippen LogP contribution in [0.4, 0.5) is 4.79 Å². The summed E-state index contributed by atoms with van der Waals surface area (Å²) in [7, 11) is 2.24. The number of likely N-dealkylation sites (tertiary alicyclic amines) is 1. The summed E-state index contributed by atoms with van der Waals surface area (Å²) >= 11 is 0. The first-order chi connectivity index (χ1) is 15.4. The number of hydrogen-bond acceptors (Lipinski definition) is 9. The van der Waals surface area contributed by atoms with Crippen molar-refractivity contribution >= 4 is 23.9 Å². The molecule has 1 saturated heterocycles. The molecule has 1 aliphatic heterocycles. The molecule has 1 aromatic carbocycles. The quantitative estimate of drug-likeness (QED) is 0.112. The summed E-state index contributed by atoms with van der Waals surface area (Å²) in [6.07, 6.45) is 0.235. The zero-order valence-corrected chi connectivity index (χ0v) is 18.2. The van der Waals surface area contributed by atoms with Gasteiger partial charge < -0.3 is 29.5 Å². The van der Waals surface area contributed by atoms with Crippen molar-refractivity contribution in [1.29, 1.82) is 0 Å². The lowest BCUT2D eigenvalue weighted by Crippen LogP contribution is -2.44. The van der Waals surface area contributed by atoms with E-state index in [1.807, 2.05) is 37.3 Å². The van der Waals surface area contributed by atoms with Crippen LogP contribution in [0.1, 0.15) is 18.9 Å². The van der Waals surface area contributed by atoms with Crippen molar-refractivity contribution in [2.24, 2.45) is 10.9 Å². The molecular formula is C21H27N3O8. The predicted octanol–water partition coefficient (Wildman–Crippen LogP) is 1.32. The minimum absolute atomic E-state index is 0.0874. The lowest BCUT2D eigenvalue weighted by atomic mass is 10.2. The van der Waals surface area contributed by atoms with Crippen molar-refractivity contribution in [3.8, 4) is 0 Å². The fraction of sp³-hybridized carbons (Fsp3) is 0.429. The second-order valence-corrected chi connectivity index (χ2v) is 6.65. The van der Waals surface area contributed by atoms with E-state index in [0.29, 0.717) is 13.0 Å². The van der Waals surface area contributed by atoms with Gasteiger partial charge in [-0.1, -0.05) is 35.5 Å². The Morgan fingerprint density at radius 3 is 2.53 bits per heavy atom. The summed E-state index contributed by atoms with van der Waals surface area (Å²) < 4.78 is 20.0. The largest absolute Gasteiger partial charge is 0.466 e. The Balaban J connectivity index is 2.14. The van der Waals surface area contributed by atoms with Gasteiger partial charge in [-0.3, -0.25) is 4.90 Å². The maximum absolute atomic E-state index is 12.7. The fourth-order valence-electron chi connectivity index (χ4n) is 2.99. The Hall–Kier alpha value is -3.60. The van der Waals surface area contributed by atoms with Crippen molar-refractivity contribution in [3.63, 3.8) is 0 Å². The van der Waals surface area contributed by atoms with Crippen molar-refractivity contribution in [3.05, 3.63) is 47.7 Å². The monoisotopic (exact) mass is 449 g/mol. The molecule has 0 saturated carbocycles. The fourth-order valence-corrected chi connectivity index (χ4v) is 2.99. The first-order valence-electron chi connectivity index (χ1n) is 9.86. The van der Waals surface area contributed by atoms with E-state index in [1.54, 1.807) is 0 Å². The van der Waals surface area contributed by atoms with E-state index in [9.17, 15) is 14.4 Å². The molecule has 32 heavy (non-hydrogen) atoms. The number of methoxy groups -OCH3 is 2. The number of ether oxygens (including phenoxy) is 4. The number of rotatable bonds is 9. The molecule has 1 heterocycles. The number of carbonyl (C=O) groups is 3. The molecule has 11 nitrogen and oxygen atoms in total. The van der Waals surface area contributed by atoms with Gasteiger partial charge in [0.2, 0.25) is 5.76 Å². The van der Waals surface area contributed by atoms with Crippen LogP contribution >= 0.6 is 0 Å². The molecule has 0 aromatic heterocycles. The van der Waals surface area contributed by atoms with Crippen molar-refractivity contribution in [2.45, 2.75) is 32.1 Å². The van der Waals surface area contributed by atoms with Gasteiger partial charge in [-0.15, -0.1) is 0 Å². The highest BCUT2D eigenvalue weighted by molar-refractivity contribution is 5.95. The second-order valence-electron chi connectivity index (χ2n) is 6.65. The lowest BCUT2D eigenvalue weighted by Gasteiger charge is -2.23. The van der Waals surface area contributed by atoms with Crippen LogP contribution in [-0.2, 0) is 40.0 Å². The smallest absolute Gasteiger partial charge is 0.410 e. The molecule has 1 amide bonds. The Morgan fingerprint density at radius 1 is 1.19 bits per heavy atom. The van der Waals surface area contributed by atoms with Crippen LogP contribution < -0.4 is 5.73 Å². The van der Waals surface area contributed by atoms with Crippen LogP contribution in [0.2, 0.25) is 0 Å². The minimum Gasteiger partial charge on any atom is -0.466 e. The number of hydrogen-bond donors (Lipinski definition) is 1. The zero-order valence-electron chi connectivity index (χ0n) is 18.2. The first kappa shape index (κ1) is 24.7. The van der Waals surface area contributed by atoms with E-state index >= 15 is 0 Å². The molecule has 0 bridgehead atoms. The molecule has 11 heteroatoms. The van der Waals surface area contributed by atoms with E-state index in [1.165, 1.54) is 4.90 Å². The summed E-state index contributed by atoms with van der Waals surface area (Å²) in [6.45, 7) is 2.62. The standard InChI is InChI=1S/C21H27N3O8/c1-4-30-15-10-16(19(22)23-32-17(20(26)29-3)11-18(25)28-2)24(12-15)21(27)31-13-14-8-6-5-7-9-14/h5-9,11,15-16H,4,10,12-13H2,1-3H3,(H2,22,23)/b17-11+/t15-,16+/m1/s1. The van der Waals surface area contributed by atoms with Gasteiger partial charge in [-0.25, -0.2) is 14.4 Å². The maximum atomic E-state index is 12.7. The minimum atomic E-state index is -0.954. The molecule has 0 spiro atoms. The van der Waals surface area contributed by atoms with Gasteiger partial charge in [0.1, 0.15) is 6.61 Å². The van der Waals surface area contributed by atoms with Crippen molar-refractivity contribution in [1.82, 2.24) is 4.90 Å². The summed E-state index contributed by atoms with van der Waals surface area (Å²) in [4.78, 5) is 42.3. The van der Waals surface area contributed by atoms with Gasteiger partial charge in [0, 0.05) is 13.0 Å². The Bertz CT molecular complexity index is 856. The van der Waals surface area contributed by atoms with E-state index in [-0.39, 0.29) is 25.1 Å². The first-order valence-corrected chi connectivity index (χ1v) is 9.86. The van der Waals surface area contributed by atoms with Crippen LogP contribution in [0.5, 0.6) is 0 Å². The Morgan fingerprint density at radius 2 is 1.91 bits per heavy atom. The number of benzene rings is 1. The molecule has 2 rings (SSSR count). The average molecular weight is 449 g/mol. The summed E-state index contributed by atoms with van der Waals surface area (Å²) in [6, 6.07) is 8.52. The van der Waals surface area contributed by atoms with Crippen LogP contribution in [-0.4, -0.2) is 68.3 Å². The molecule has 0 unspecified atom stereocenters. The molecule has 2 N–H and O–H groups in total. The van der Waals surface area contributed by atoms with E-state index in [0.717, 1.165) is 25.9 Å². The predicted molar refractivity (Wildman–Crippen MR) is 112 cm³/mol. The highest BCUT2D eigenvalue weighted by atomic mass is 16.7. The molecule has 1 aromatic rings. The SMILES string of the molecule is CCO[C@@H]1C[C@@H](/C(N)=N/O/C(=C/C(=O)OC)C(=O)OC)N(C(=O)OCc2ccccc2)C1. The third-order valence-electron chi connectivity index (χ3n) is 4.53. The molecule has 174 valence electrons. The van der Waals surface area contributed by atoms with E-state index in [2.05, 4.69) is 14.6 Å². The van der Waals surface area contributed by atoms with Crippen molar-refractivity contribution in [2.75, 3.05) is 27.4 Å². The molecule has 0 aliphatic carbocycles. The van der Waals surface area contributed by atoms with Gasteiger partial charge in [0.15, 0.2) is 5.84 Å². The van der Waals surface area contributed by atoms with E-state index < -0.39 is 29.8 Å². The third kappa shape index (κ3) is 6.98. The average Bonchev–Trinajstić information content (AvgIpc) is 3.24. The summed E-state index contributed by atoms with van der Waals surface area (Å²) in [5, 5.41) is 3.72. The molecule has 2 atom stereocenters. The van der Waals surface area contributed by atoms with Gasteiger partial charge in [0.05, 0.1) is 39.0 Å². The van der Waals surface area contributed by atoms with Crippen LogP contribution in [0.25, 0.3) is 0 Å². The van der Waals surface area contributed by atoms with E-state index in [4.69, 9.17) is 20.0 Å². The van der Waals surface area contributed by atoms with Gasteiger partial charge in [-0.2, -0.15) is 0 Å². The van der Waals surface area contributed by atoms with Crippen molar-refractivity contribution < 1.29 is 38.2 Å². The van der Waals surface area contributed by atoms with Crippen LogP contribution in [0.3, 0.4) is 0 Å². The summed E-state index contributed by atoms with van der Waals surface area (Å²) in [5.41, 5.74) is 6.88. The number of nitrogens with two attached hydrogens (primary N) is 1. The van der Waals surface area contributed by atoms with Gasteiger partial charge in [-0.05, 0) is 12.5 Å². The molecular weight excluding hydrogens is 422 g/mol. The van der Waals surface area contributed by atoms with Gasteiger partial charge in [0.25, 0.3) is 0 Å². The number of amides is 1. The number of esters is 2. The third-order valence-corrected chi connectivity index (χ3v) is 4.53. The van der Waals surface area contributed by atoms with Gasteiger partial charge >= 0.3 is 18.0 Å². The topological polar surface area (TPSA) is 139 Å². The highest BCUT2D eigenvalue weighted by Gasteiger charge is 2.39. The summed E-state index contributed by atoms with van der Waals surface area (Å²) in [5.74, 6) is -2.43. The number of oxime groups is 1. The zero-order chi connectivity index (χ0) is 23.5. The Kier molecular flexibility index (Phi) is 9.48. The second kappa shape index (κ2) is 12.3. The molecule has 0 radical (unpaired) electrons. The molecule has 1 aliphatic rings. The Labute approximate surface area is 185 Å². The molecule has 1 fully saturated rings. The highest BCUT2D eigenvalue weighted by Crippen LogP contribution is 2.22. The lowest BCUT2D eigenvalue weighted by molar-refractivity contribution is -0.142. The number of nitrogens with zero attached hydrogens (tertiary/aromatic N) is 2. The number of carbonyl (C=O) groups excluding carboxylic acids is 3. The normalized spacial score (nSPS) is 18.8.